The van der Waals surface area contributed by atoms with Gasteiger partial charge in [0.2, 0.25) is 0 Å². The SMILES string of the molecule is O=C(CCC1CCCCC1)Cc1cccc(Cl)c1F. The van der Waals surface area contributed by atoms with Crippen LogP contribution in [0.1, 0.15) is 50.5 Å². The topological polar surface area (TPSA) is 17.1 Å². The molecule has 1 aromatic carbocycles. The van der Waals surface area contributed by atoms with Crippen LogP contribution in [0, 0.1) is 11.7 Å². The highest BCUT2D eigenvalue weighted by molar-refractivity contribution is 6.30. The first kappa shape index (κ1) is 14.5. The van der Waals surface area contributed by atoms with Crippen LogP contribution in [0.4, 0.5) is 4.39 Å². The van der Waals surface area contributed by atoms with E-state index in [2.05, 4.69) is 0 Å². The second-order valence-corrected chi connectivity index (χ2v) is 5.88. The van der Waals surface area contributed by atoms with E-state index >= 15 is 0 Å². The number of benzene rings is 1. The maximum atomic E-state index is 13.7. The molecule has 0 aromatic heterocycles. The first-order valence-electron chi connectivity index (χ1n) is 7.11. The third-order valence-corrected chi connectivity index (χ3v) is 4.27. The normalized spacial score (nSPS) is 16.5. The van der Waals surface area contributed by atoms with Crippen LogP contribution in [0.25, 0.3) is 0 Å². The number of hydrogen-bond acceptors (Lipinski definition) is 1. The Morgan fingerprint density at radius 1 is 1.26 bits per heavy atom. The fraction of sp³-hybridized carbons (Fsp3) is 0.562. The largest absolute Gasteiger partial charge is 0.299 e. The Bertz CT molecular complexity index is 438. The molecule has 104 valence electrons. The summed E-state index contributed by atoms with van der Waals surface area (Å²) in [6, 6.07) is 4.84. The van der Waals surface area contributed by atoms with Gasteiger partial charge in [-0.2, -0.15) is 0 Å². The number of halogens is 2. The minimum atomic E-state index is -0.449. The van der Waals surface area contributed by atoms with Crippen molar-refractivity contribution in [3.8, 4) is 0 Å². The summed E-state index contributed by atoms with van der Waals surface area (Å²) < 4.78 is 13.7. The number of ketones is 1. The number of hydrogen-bond donors (Lipinski definition) is 0. The fourth-order valence-corrected chi connectivity index (χ4v) is 3.02. The van der Waals surface area contributed by atoms with E-state index in [9.17, 15) is 9.18 Å². The van der Waals surface area contributed by atoms with Gasteiger partial charge in [-0.15, -0.1) is 0 Å². The van der Waals surface area contributed by atoms with Crippen LogP contribution in [0.5, 0.6) is 0 Å². The maximum absolute atomic E-state index is 13.7. The van der Waals surface area contributed by atoms with Gasteiger partial charge in [0, 0.05) is 12.8 Å². The number of rotatable bonds is 5. The van der Waals surface area contributed by atoms with Crippen molar-refractivity contribution in [1.29, 1.82) is 0 Å². The predicted octanol–water partition coefficient (Wildman–Crippen LogP) is 4.95. The van der Waals surface area contributed by atoms with Crippen LogP contribution < -0.4 is 0 Å². The lowest BCUT2D eigenvalue weighted by Gasteiger charge is -2.20. The van der Waals surface area contributed by atoms with Gasteiger partial charge in [0.25, 0.3) is 0 Å². The molecule has 0 bridgehead atoms. The molecule has 2 rings (SSSR count). The summed E-state index contributed by atoms with van der Waals surface area (Å²) >= 11 is 5.71. The van der Waals surface area contributed by atoms with Gasteiger partial charge >= 0.3 is 0 Å². The Morgan fingerprint density at radius 2 is 2.00 bits per heavy atom. The molecule has 19 heavy (non-hydrogen) atoms. The molecule has 1 aliphatic carbocycles. The van der Waals surface area contributed by atoms with Crippen LogP contribution in [-0.4, -0.2) is 5.78 Å². The molecule has 1 aliphatic rings. The summed E-state index contributed by atoms with van der Waals surface area (Å²) in [4.78, 5) is 11.9. The Hall–Kier alpha value is -0.890. The van der Waals surface area contributed by atoms with Gasteiger partial charge in [0.05, 0.1) is 5.02 Å². The molecule has 0 amide bonds. The van der Waals surface area contributed by atoms with Crippen LogP contribution in [0.3, 0.4) is 0 Å². The smallest absolute Gasteiger partial charge is 0.145 e. The van der Waals surface area contributed by atoms with E-state index in [4.69, 9.17) is 11.6 Å². The lowest BCUT2D eigenvalue weighted by Crippen LogP contribution is -2.11. The minimum Gasteiger partial charge on any atom is -0.299 e. The Kier molecular flexibility index (Phi) is 5.38. The zero-order chi connectivity index (χ0) is 13.7. The molecule has 0 saturated heterocycles. The van der Waals surface area contributed by atoms with Crippen molar-refractivity contribution < 1.29 is 9.18 Å². The Morgan fingerprint density at radius 3 is 2.74 bits per heavy atom. The number of Topliss-reactive ketones (excluding diaryl/α,β-unsaturated/α-hetero) is 1. The average molecular weight is 283 g/mol. The van der Waals surface area contributed by atoms with E-state index < -0.39 is 5.82 Å². The van der Waals surface area contributed by atoms with Crippen LogP contribution in [-0.2, 0) is 11.2 Å². The lowest BCUT2D eigenvalue weighted by molar-refractivity contribution is -0.118. The van der Waals surface area contributed by atoms with E-state index in [1.165, 1.54) is 38.2 Å². The molecule has 1 saturated carbocycles. The van der Waals surface area contributed by atoms with Crippen molar-refractivity contribution >= 4 is 17.4 Å². The summed E-state index contributed by atoms with van der Waals surface area (Å²) in [6.07, 6.45) is 8.11. The molecule has 0 radical (unpaired) electrons. The highest BCUT2D eigenvalue weighted by Gasteiger charge is 2.16. The van der Waals surface area contributed by atoms with Crippen molar-refractivity contribution in [3.05, 3.63) is 34.6 Å². The fourth-order valence-electron chi connectivity index (χ4n) is 2.83. The number of carbonyl (C=O) groups is 1. The molecule has 0 atom stereocenters. The zero-order valence-electron chi connectivity index (χ0n) is 11.1. The summed E-state index contributed by atoms with van der Waals surface area (Å²) in [7, 11) is 0. The third-order valence-electron chi connectivity index (χ3n) is 3.98. The predicted molar refractivity (Wildman–Crippen MR) is 75.9 cm³/mol. The molecule has 0 unspecified atom stereocenters. The van der Waals surface area contributed by atoms with E-state index in [0.717, 1.165) is 6.42 Å². The van der Waals surface area contributed by atoms with E-state index in [0.29, 0.717) is 17.9 Å². The molecular weight excluding hydrogens is 263 g/mol. The van der Waals surface area contributed by atoms with E-state index in [1.54, 1.807) is 12.1 Å². The second-order valence-electron chi connectivity index (χ2n) is 5.47. The monoisotopic (exact) mass is 282 g/mol. The molecule has 0 N–H and O–H groups in total. The van der Waals surface area contributed by atoms with Gasteiger partial charge in [-0.25, -0.2) is 4.39 Å². The molecule has 1 fully saturated rings. The highest BCUT2D eigenvalue weighted by atomic mass is 35.5. The van der Waals surface area contributed by atoms with E-state index in [-0.39, 0.29) is 17.2 Å². The van der Waals surface area contributed by atoms with Gasteiger partial charge in [-0.1, -0.05) is 55.8 Å². The Labute approximate surface area is 119 Å². The van der Waals surface area contributed by atoms with Gasteiger partial charge in [0.15, 0.2) is 0 Å². The summed E-state index contributed by atoms with van der Waals surface area (Å²) in [5, 5.41) is 0.0950. The van der Waals surface area contributed by atoms with Crippen molar-refractivity contribution in [3.63, 3.8) is 0 Å². The molecule has 1 nitrogen and oxygen atoms in total. The Balaban J connectivity index is 1.82. The first-order valence-corrected chi connectivity index (χ1v) is 7.49. The highest BCUT2D eigenvalue weighted by Crippen LogP contribution is 2.27. The van der Waals surface area contributed by atoms with Gasteiger partial charge in [-0.05, 0) is 24.0 Å². The lowest BCUT2D eigenvalue weighted by atomic mass is 9.85. The van der Waals surface area contributed by atoms with Crippen LogP contribution in [0.15, 0.2) is 18.2 Å². The van der Waals surface area contributed by atoms with Crippen LogP contribution in [0.2, 0.25) is 5.02 Å². The quantitative estimate of drug-likeness (QED) is 0.747. The van der Waals surface area contributed by atoms with Crippen molar-refractivity contribution in [2.24, 2.45) is 5.92 Å². The molecule has 3 heteroatoms. The van der Waals surface area contributed by atoms with Crippen molar-refractivity contribution in [2.75, 3.05) is 0 Å². The molecule has 0 spiro atoms. The van der Waals surface area contributed by atoms with Gasteiger partial charge in [0.1, 0.15) is 11.6 Å². The minimum absolute atomic E-state index is 0.0950. The van der Waals surface area contributed by atoms with Gasteiger partial charge < -0.3 is 0 Å². The molecule has 1 aromatic rings. The van der Waals surface area contributed by atoms with Gasteiger partial charge in [-0.3, -0.25) is 4.79 Å². The summed E-state index contributed by atoms with van der Waals surface area (Å²) in [5.41, 5.74) is 0.418. The molecule has 0 heterocycles. The third kappa shape index (κ3) is 4.31. The standard InChI is InChI=1S/C16H20ClFO/c17-15-8-4-7-13(16(15)18)11-14(19)10-9-12-5-2-1-3-6-12/h4,7-8,12H,1-3,5-6,9-11H2. The molecule has 0 aliphatic heterocycles. The second kappa shape index (κ2) is 7.04. The summed E-state index contributed by atoms with van der Waals surface area (Å²) in [5.74, 6) is 0.365. The average Bonchev–Trinajstić information content (AvgIpc) is 2.43. The molecular formula is C16H20ClFO. The van der Waals surface area contributed by atoms with Crippen molar-refractivity contribution in [1.82, 2.24) is 0 Å². The first-order chi connectivity index (χ1) is 9.16. The maximum Gasteiger partial charge on any atom is 0.145 e. The summed E-state index contributed by atoms with van der Waals surface area (Å²) in [6.45, 7) is 0. The van der Waals surface area contributed by atoms with Crippen LogP contribution >= 0.6 is 11.6 Å². The zero-order valence-corrected chi connectivity index (χ0v) is 11.9. The van der Waals surface area contributed by atoms with E-state index in [1.807, 2.05) is 0 Å². The number of carbonyl (C=O) groups excluding carboxylic acids is 1. The van der Waals surface area contributed by atoms with Crippen molar-refractivity contribution in [2.45, 2.75) is 51.4 Å².